The first-order valence-electron chi connectivity index (χ1n) is 4.43. The van der Waals surface area contributed by atoms with E-state index in [1.807, 2.05) is 6.92 Å². The average molecular weight is 172 g/mol. The molecule has 72 valence electrons. The van der Waals surface area contributed by atoms with E-state index in [4.69, 9.17) is 0 Å². The smallest absolute Gasteiger partial charge is 0.233 e. The second-order valence-corrected chi connectivity index (χ2v) is 4.12. The van der Waals surface area contributed by atoms with Crippen LogP contribution in [0.5, 0.6) is 0 Å². The summed E-state index contributed by atoms with van der Waals surface area (Å²) in [5, 5.41) is 5.83. The summed E-state index contributed by atoms with van der Waals surface area (Å²) in [6, 6.07) is 0. The fourth-order valence-electron chi connectivity index (χ4n) is 0.665. The Labute approximate surface area is 74.9 Å². The first kappa shape index (κ1) is 11.4. The molecule has 0 bridgehead atoms. The molecule has 0 saturated heterocycles. The average Bonchev–Trinajstić information content (AvgIpc) is 1.95. The van der Waals surface area contributed by atoms with Gasteiger partial charge in [0, 0.05) is 6.54 Å². The Kier molecular flexibility index (Phi) is 4.90. The highest BCUT2D eigenvalue weighted by atomic mass is 16.1. The molecule has 0 aromatic carbocycles. The lowest BCUT2D eigenvalue weighted by Gasteiger charge is -2.18. The lowest BCUT2D eigenvalue weighted by molar-refractivity contribution is -0.120. The lowest BCUT2D eigenvalue weighted by Crippen LogP contribution is -2.38. The van der Waals surface area contributed by atoms with E-state index in [2.05, 4.69) is 31.4 Å². The van der Waals surface area contributed by atoms with Gasteiger partial charge in [-0.1, -0.05) is 27.7 Å². The van der Waals surface area contributed by atoms with Crippen LogP contribution in [0.1, 0.15) is 27.7 Å². The van der Waals surface area contributed by atoms with Gasteiger partial charge in [-0.2, -0.15) is 0 Å². The highest BCUT2D eigenvalue weighted by Crippen LogP contribution is 2.09. The third-order valence-corrected chi connectivity index (χ3v) is 1.35. The van der Waals surface area contributed by atoms with Crippen LogP contribution in [0.4, 0.5) is 0 Å². The van der Waals surface area contributed by atoms with Crippen LogP contribution in [0.15, 0.2) is 0 Å². The molecule has 0 heterocycles. The Balaban J connectivity index is 3.44. The number of nitrogens with one attached hydrogen (secondary N) is 2. The van der Waals surface area contributed by atoms with Crippen LogP contribution in [-0.2, 0) is 4.79 Å². The van der Waals surface area contributed by atoms with Crippen molar-refractivity contribution in [2.45, 2.75) is 27.7 Å². The summed E-state index contributed by atoms with van der Waals surface area (Å²) in [7, 11) is 0. The van der Waals surface area contributed by atoms with Gasteiger partial charge < -0.3 is 10.6 Å². The summed E-state index contributed by atoms with van der Waals surface area (Å²) >= 11 is 0. The van der Waals surface area contributed by atoms with Crippen LogP contribution >= 0.6 is 0 Å². The Hall–Kier alpha value is -0.570. The predicted molar refractivity (Wildman–Crippen MR) is 51.0 cm³/mol. The molecular formula is C9H20N2O. The van der Waals surface area contributed by atoms with Crippen molar-refractivity contribution in [1.82, 2.24) is 10.6 Å². The fraction of sp³-hybridized carbons (Fsp3) is 0.889. The number of carbonyl (C=O) groups excluding carboxylic acids is 1. The van der Waals surface area contributed by atoms with Gasteiger partial charge in [0.1, 0.15) is 0 Å². The van der Waals surface area contributed by atoms with Crippen LogP contribution in [0.25, 0.3) is 0 Å². The second kappa shape index (κ2) is 5.14. The first-order valence-corrected chi connectivity index (χ1v) is 4.43. The molecule has 1 amide bonds. The lowest BCUT2D eigenvalue weighted by atomic mass is 9.97. The predicted octanol–water partition coefficient (Wildman–Crippen LogP) is 0.758. The molecule has 3 nitrogen and oxygen atoms in total. The molecule has 3 heteroatoms. The van der Waals surface area contributed by atoms with Crippen molar-refractivity contribution in [3.05, 3.63) is 0 Å². The van der Waals surface area contributed by atoms with Crippen molar-refractivity contribution in [1.29, 1.82) is 0 Å². The van der Waals surface area contributed by atoms with E-state index < -0.39 is 0 Å². The van der Waals surface area contributed by atoms with E-state index >= 15 is 0 Å². The maximum atomic E-state index is 11.1. The fourth-order valence-corrected chi connectivity index (χ4v) is 0.665. The number of carbonyl (C=O) groups is 1. The summed E-state index contributed by atoms with van der Waals surface area (Å²) in [6.45, 7) is 10.3. The van der Waals surface area contributed by atoms with Crippen LogP contribution < -0.4 is 10.6 Å². The Morgan fingerprint density at radius 1 is 1.33 bits per heavy atom. The highest BCUT2D eigenvalue weighted by molar-refractivity contribution is 5.77. The van der Waals surface area contributed by atoms with Crippen molar-refractivity contribution in [3.63, 3.8) is 0 Å². The monoisotopic (exact) mass is 172 g/mol. The molecule has 0 spiro atoms. The number of hydrogen-bond acceptors (Lipinski definition) is 2. The third-order valence-electron chi connectivity index (χ3n) is 1.35. The van der Waals surface area contributed by atoms with Crippen molar-refractivity contribution in [2.75, 3.05) is 19.6 Å². The van der Waals surface area contributed by atoms with Gasteiger partial charge in [0.2, 0.25) is 5.91 Å². The second-order valence-electron chi connectivity index (χ2n) is 4.12. The molecule has 0 radical (unpaired) electrons. The van der Waals surface area contributed by atoms with Gasteiger partial charge in [0.15, 0.2) is 0 Å². The van der Waals surface area contributed by atoms with Crippen molar-refractivity contribution in [2.24, 2.45) is 5.41 Å². The third kappa shape index (κ3) is 7.54. The number of amides is 1. The SMILES string of the molecule is CCNCC(=O)NCC(C)(C)C. The quantitative estimate of drug-likeness (QED) is 0.657. The Bertz CT molecular complexity index is 138. The minimum Gasteiger partial charge on any atom is -0.354 e. The van der Waals surface area contributed by atoms with E-state index in [1.165, 1.54) is 0 Å². The van der Waals surface area contributed by atoms with Crippen LogP contribution in [0.3, 0.4) is 0 Å². The standard InChI is InChI=1S/C9H20N2O/c1-5-10-6-8(12)11-7-9(2,3)4/h10H,5-7H2,1-4H3,(H,11,12). The maximum absolute atomic E-state index is 11.1. The van der Waals surface area contributed by atoms with Crippen LogP contribution in [0.2, 0.25) is 0 Å². The highest BCUT2D eigenvalue weighted by Gasteiger charge is 2.10. The topological polar surface area (TPSA) is 41.1 Å². The number of rotatable bonds is 4. The molecular weight excluding hydrogens is 152 g/mol. The molecule has 0 saturated carbocycles. The van der Waals surface area contributed by atoms with Gasteiger partial charge >= 0.3 is 0 Å². The van der Waals surface area contributed by atoms with E-state index in [0.717, 1.165) is 13.1 Å². The van der Waals surface area contributed by atoms with Crippen LogP contribution in [-0.4, -0.2) is 25.5 Å². The van der Waals surface area contributed by atoms with Gasteiger partial charge in [-0.3, -0.25) is 4.79 Å². The summed E-state index contributed by atoms with van der Waals surface area (Å²) in [5.41, 5.74) is 0.169. The molecule has 0 aromatic rings. The zero-order chi connectivity index (χ0) is 9.61. The van der Waals surface area contributed by atoms with E-state index in [9.17, 15) is 4.79 Å². The molecule has 0 aliphatic carbocycles. The molecule has 0 aliphatic heterocycles. The number of likely N-dealkylation sites (N-methyl/N-ethyl adjacent to an activating group) is 1. The Morgan fingerprint density at radius 2 is 1.92 bits per heavy atom. The van der Waals surface area contributed by atoms with E-state index in [0.29, 0.717) is 6.54 Å². The zero-order valence-corrected chi connectivity index (χ0v) is 8.53. The van der Waals surface area contributed by atoms with Crippen molar-refractivity contribution < 1.29 is 4.79 Å². The summed E-state index contributed by atoms with van der Waals surface area (Å²) in [4.78, 5) is 11.1. The van der Waals surface area contributed by atoms with Gasteiger partial charge in [0.05, 0.1) is 6.54 Å². The molecule has 2 N–H and O–H groups in total. The maximum Gasteiger partial charge on any atom is 0.233 e. The molecule has 0 atom stereocenters. The van der Waals surface area contributed by atoms with Gasteiger partial charge in [-0.15, -0.1) is 0 Å². The molecule has 12 heavy (non-hydrogen) atoms. The van der Waals surface area contributed by atoms with Crippen molar-refractivity contribution in [3.8, 4) is 0 Å². The molecule has 0 fully saturated rings. The molecule has 0 unspecified atom stereocenters. The van der Waals surface area contributed by atoms with E-state index in [-0.39, 0.29) is 11.3 Å². The normalized spacial score (nSPS) is 11.3. The van der Waals surface area contributed by atoms with E-state index in [1.54, 1.807) is 0 Å². The largest absolute Gasteiger partial charge is 0.354 e. The molecule has 0 aliphatic rings. The summed E-state index contributed by atoms with van der Waals surface area (Å²) in [6.07, 6.45) is 0. The summed E-state index contributed by atoms with van der Waals surface area (Å²) in [5.74, 6) is 0.0757. The number of hydrogen-bond donors (Lipinski definition) is 2. The minimum absolute atomic E-state index is 0.0757. The van der Waals surface area contributed by atoms with Gasteiger partial charge in [-0.05, 0) is 12.0 Å². The Morgan fingerprint density at radius 3 is 2.33 bits per heavy atom. The van der Waals surface area contributed by atoms with Crippen LogP contribution in [0, 0.1) is 5.41 Å². The first-order chi connectivity index (χ1) is 5.45. The van der Waals surface area contributed by atoms with Gasteiger partial charge in [-0.25, -0.2) is 0 Å². The molecule has 0 rings (SSSR count). The zero-order valence-electron chi connectivity index (χ0n) is 8.53. The molecule has 0 aromatic heterocycles. The summed E-state index contributed by atoms with van der Waals surface area (Å²) < 4.78 is 0. The van der Waals surface area contributed by atoms with Crippen molar-refractivity contribution >= 4 is 5.91 Å². The van der Waals surface area contributed by atoms with Gasteiger partial charge in [0.25, 0.3) is 0 Å². The minimum atomic E-state index is 0.0757.